The summed E-state index contributed by atoms with van der Waals surface area (Å²) in [6, 6.07) is 4.29. The van der Waals surface area contributed by atoms with Crippen molar-refractivity contribution in [1.82, 2.24) is 14.5 Å². The lowest BCUT2D eigenvalue weighted by Gasteiger charge is -2.07. The number of rotatable bonds is 3. The van der Waals surface area contributed by atoms with Gasteiger partial charge in [0.05, 0.1) is 5.92 Å². The molecule has 0 aromatic carbocycles. The molecule has 0 bridgehead atoms. The summed E-state index contributed by atoms with van der Waals surface area (Å²) >= 11 is 0. The highest BCUT2D eigenvalue weighted by Gasteiger charge is 2.65. The molecule has 5 heteroatoms. The van der Waals surface area contributed by atoms with Crippen molar-refractivity contribution in [3.63, 3.8) is 0 Å². The van der Waals surface area contributed by atoms with E-state index in [0.717, 1.165) is 29.8 Å². The van der Waals surface area contributed by atoms with Gasteiger partial charge in [0.1, 0.15) is 11.3 Å². The van der Waals surface area contributed by atoms with Crippen LogP contribution in [0.4, 0.5) is 0 Å². The molecule has 0 aliphatic heterocycles. The maximum atomic E-state index is 11.4. The Morgan fingerprint density at radius 2 is 2.20 bits per heavy atom. The number of carbonyl (C=O) groups is 1. The van der Waals surface area contributed by atoms with E-state index < -0.39 is 5.97 Å². The fraction of sp³-hybridized carbons (Fsp3) is 0.533. The number of hydrogen-bond donors (Lipinski definition) is 1. The van der Waals surface area contributed by atoms with Gasteiger partial charge in [-0.2, -0.15) is 0 Å². The lowest BCUT2D eigenvalue weighted by atomic mass is 10.1. The van der Waals surface area contributed by atoms with Crippen LogP contribution < -0.4 is 0 Å². The second-order valence-electron chi connectivity index (χ2n) is 6.53. The largest absolute Gasteiger partial charge is 0.481 e. The van der Waals surface area contributed by atoms with Crippen molar-refractivity contribution in [2.45, 2.75) is 38.6 Å². The molecule has 2 unspecified atom stereocenters. The first-order valence-electron chi connectivity index (χ1n) is 7.07. The van der Waals surface area contributed by atoms with Crippen molar-refractivity contribution in [2.24, 2.45) is 11.3 Å². The first-order chi connectivity index (χ1) is 9.51. The highest BCUT2D eigenvalue weighted by atomic mass is 16.4. The SMILES string of the molecule is CC1(C)C(C(=O)O)C1c1nc2cccnc2n1C1CC1. The van der Waals surface area contributed by atoms with E-state index in [9.17, 15) is 9.90 Å². The van der Waals surface area contributed by atoms with Crippen molar-refractivity contribution < 1.29 is 9.90 Å². The third kappa shape index (κ3) is 1.46. The Hall–Kier alpha value is -1.91. The maximum absolute atomic E-state index is 11.4. The van der Waals surface area contributed by atoms with Gasteiger partial charge >= 0.3 is 5.97 Å². The Kier molecular flexibility index (Phi) is 2.13. The summed E-state index contributed by atoms with van der Waals surface area (Å²) < 4.78 is 2.19. The molecule has 2 aliphatic rings. The molecule has 20 heavy (non-hydrogen) atoms. The van der Waals surface area contributed by atoms with Crippen LogP contribution in [0.1, 0.15) is 44.5 Å². The fourth-order valence-electron chi connectivity index (χ4n) is 3.44. The van der Waals surface area contributed by atoms with Gasteiger partial charge in [-0.3, -0.25) is 4.79 Å². The molecule has 2 aromatic heterocycles. The summed E-state index contributed by atoms with van der Waals surface area (Å²) in [6.45, 7) is 4.03. The number of nitrogens with zero attached hydrogens (tertiary/aromatic N) is 3. The number of fused-ring (bicyclic) bond motifs is 1. The van der Waals surface area contributed by atoms with E-state index in [1.165, 1.54) is 0 Å². The van der Waals surface area contributed by atoms with Crippen molar-refractivity contribution in [2.75, 3.05) is 0 Å². The zero-order chi connectivity index (χ0) is 14.1. The van der Waals surface area contributed by atoms with Crippen LogP contribution in [0, 0.1) is 11.3 Å². The predicted molar refractivity (Wildman–Crippen MR) is 73.4 cm³/mol. The van der Waals surface area contributed by atoms with Crippen molar-refractivity contribution in [3.05, 3.63) is 24.2 Å². The number of carboxylic acid groups (broad SMARTS) is 1. The summed E-state index contributed by atoms with van der Waals surface area (Å²) in [5.74, 6) is -0.146. The van der Waals surface area contributed by atoms with Gasteiger partial charge in [0.2, 0.25) is 0 Å². The van der Waals surface area contributed by atoms with Gasteiger partial charge in [0.25, 0.3) is 0 Å². The summed E-state index contributed by atoms with van der Waals surface area (Å²) in [6.07, 6.45) is 4.05. The minimum Gasteiger partial charge on any atom is -0.481 e. The Morgan fingerprint density at radius 1 is 1.45 bits per heavy atom. The van der Waals surface area contributed by atoms with Gasteiger partial charge in [0.15, 0.2) is 5.65 Å². The number of carboxylic acids is 1. The van der Waals surface area contributed by atoms with Crippen LogP contribution in [-0.2, 0) is 4.79 Å². The van der Waals surface area contributed by atoms with E-state index in [4.69, 9.17) is 4.98 Å². The van der Waals surface area contributed by atoms with E-state index in [2.05, 4.69) is 9.55 Å². The summed E-state index contributed by atoms with van der Waals surface area (Å²) in [5, 5.41) is 9.39. The second kappa shape index (κ2) is 3.59. The minimum atomic E-state index is -0.720. The maximum Gasteiger partial charge on any atom is 0.307 e. The van der Waals surface area contributed by atoms with Crippen LogP contribution in [-0.4, -0.2) is 25.6 Å². The van der Waals surface area contributed by atoms with Crippen LogP contribution in [0.5, 0.6) is 0 Å². The molecule has 4 rings (SSSR count). The van der Waals surface area contributed by atoms with E-state index in [1.807, 2.05) is 26.0 Å². The molecule has 0 saturated heterocycles. The van der Waals surface area contributed by atoms with Crippen molar-refractivity contribution >= 4 is 17.1 Å². The average Bonchev–Trinajstić information content (AvgIpc) is 3.26. The first-order valence-corrected chi connectivity index (χ1v) is 7.07. The number of pyridine rings is 1. The highest BCUT2D eigenvalue weighted by Crippen LogP contribution is 2.65. The quantitative estimate of drug-likeness (QED) is 0.931. The highest BCUT2D eigenvalue weighted by molar-refractivity contribution is 5.78. The van der Waals surface area contributed by atoms with Gasteiger partial charge in [0, 0.05) is 18.2 Å². The van der Waals surface area contributed by atoms with Crippen molar-refractivity contribution in [1.29, 1.82) is 0 Å². The third-order valence-corrected chi connectivity index (χ3v) is 4.76. The Labute approximate surface area is 116 Å². The number of aliphatic carboxylic acids is 1. The number of imidazole rings is 1. The molecule has 104 valence electrons. The Morgan fingerprint density at radius 3 is 2.80 bits per heavy atom. The molecule has 0 spiro atoms. The van der Waals surface area contributed by atoms with Gasteiger partial charge in [-0.1, -0.05) is 13.8 Å². The minimum absolute atomic E-state index is 0.00481. The van der Waals surface area contributed by atoms with Crippen LogP contribution in [0.2, 0.25) is 0 Å². The average molecular weight is 271 g/mol. The molecule has 5 nitrogen and oxygen atoms in total. The normalized spacial score (nSPS) is 27.7. The van der Waals surface area contributed by atoms with Crippen LogP contribution in [0.15, 0.2) is 18.3 Å². The van der Waals surface area contributed by atoms with Crippen molar-refractivity contribution in [3.8, 4) is 0 Å². The van der Waals surface area contributed by atoms with Crippen LogP contribution >= 0.6 is 0 Å². The van der Waals surface area contributed by atoms with Crippen LogP contribution in [0.25, 0.3) is 11.2 Å². The molecule has 2 atom stereocenters. The monoisotopic (exact) mass is 271 g/mol. The van der Waals surface area contributed by atoms with Crippen LogP contribution in [0.3, 0.4) is 0 Å². The molecule has 2 aliphatic carbocycles. The Bertz CT molecular complexity index is 715. The van der Waals surface area contributed by atoms with Gasteiger partial charge in [-0.05, 0) is 30.4 Å². The smallest absolute Gasteiger partial charge is 0.307 e. The van der Waals surface area contributed by atoms with Gasteiger partial charge < -0.3 is 9.67 Å². The predicted octanol–water partition coefficient (Wildman–Crippen LogP) is 2.59. The standard InChI is InChI=1S/C15H17N3O2/c1-15(2)10(11(15)14(19)20)13-17-9-4-3-7-16-12(9)18(13)8-5-6-8/h3-4,7-8,10-11H,5-6H2,1-2H3,(H,19,20). The summed E-state index contributed by atoms with van der Waals surface area (Å²) in [4.78, 5) is 20.6. The molecule has 2 aromatic rings. The lowest BCUT2D eigenvalue weighted by Crippen LogP contribution is -2.05. The molecule has 2 saturated carbocycles. The fourth-order valence-corrected chi connectivity index (χ4v) is 3.44. The van der Waals surface area contributed by atoms with E-state index >= 15 is 0 Å². The molecule has 0 amide bonds. The zero-order valence-electron chi connectivity index (χ0n) is 11.6. The molecule has 2 heterocycles. The summed E-state index contributed by atoms with van der Waals surface area (Å²) in [7, 11) is 0. The lowest BCUT2D eigenvalue weighted by molar-refractivity contribution is -0.139. The van der Waals surface area contributed by atoms with Gasteiger partial charge in [-0.25, -0.2) is 9.97 Å². The molecular weight excluding hydrogens is 254 g/mol. The third-order valence-electron chi connectivity index (χ3n) is 4.76. The number of aromatic nitrogens is 3. The molecule has 0 radical (unpaired) electrons. The molecule has 2 fully saturated rings. The summed E-state index contributed by atoms with van der Waals surface area (Å²) in [5.41, 5.74) is 1.55. The van der Waals surface area contributed by atoms with E-state index in [-0.39, 0.29) is 17.3 Å². The molecular formula is C15H17N3O2. The number of hydrogen-bond acceptors (Lipinski definition) is 3. The zero-order valence-corrected chi connectivity index (χ0v) is 11.6. The topological polar surface area (TPSA) is 68.0 Å². The second-order valence-corrected chi connectivity index (χ2v) is 6.53. The molecule has 1 N–H and O–H groups in total. The first kappa shape index (κ1) is 11.9. The van der Waals surface area contributed by atoms with Gasteiger partial charge in [-0.15, -0.1) is 0 Å². The van der Waals surface area contributed by atoms with E-state index in [0.29, 0.717) is 6.04 Å². The Balaban J connectivity index is 1.88. The van der Waals surface area contributed by atoms with E-state index in [1.54, 1.807) is 6.20 Å².